The highest BCUT2D eigenvalue weighted by molar-refractivity contribution is 6.34. The molecular weight excluding hydrogens is 194 g/mol. The Hall–Kier alpha value is -1.10. The molecule has 0 spiro atoms. The van der Waals surface area contributed by atoms with Crippen molar-refractivity contribution in [1.29, 1.82) is 0 Å². The maximum Gasteiger partial charge on any atom is 0.311 e. The first-order valence-corrected chi connectivity index (χ1v) is 5.31. The van der Waals surface area contributed by atoms with Gasteiger partial charge in [0.05, 0.1) is 0 Å². The number of likely N-dealkylation sites (tertiary alicyclic amines) is 2. The summed E-state index contributed by atoms with van der Waals surface area (Å²) >= 11 is 0. The van der Waals surface area contributed by atoms with Crippen molar-refractivity contribution >= 4 is 11.8 Å². The number of nitrogens with one attached hydrogen (secondary N) is 1. The van der Waals surface area contributed by atoms with Crippen molar-refractivity contribution in [3.8, 4) is 0 Å². The van der Waals surface area contributed by atoms with Crippen LogP contribution in [0.25, 0.3) is 0 Å². The van der Waals surface area contributed by atoms with Crippen LogP contribution >= 0.6 is 0 Å². The molecule has 0 aliphatic carbocycles. The number of fused-ring (bicyclic) bond motifs is 1. The smallest absolute Gasteiger partial charge is 0.311 e. The third-order valence-corrected chi connectivity index (χ3v) is 3.38. The molecule has 2 amide bonds. The monoisotopic (exact) mass is 211 g/mol. The molecule has 0 bridgehead atoms. The van der Waals surface area contributed by atoms with Gasteiger partial charge < -0.3 is 15.1 Å². The van der Waals surface area contributed by atoms with Crippen molar-refractivity contribution in [2.45, 2.75) is 0 Å². The molecule has 2 atom stereocenters. The van der Waals surface area contributed by atoms with E-state index in [4.69, 9.17) is 0 Å². The van der Waals surface area contributed by atoms with Gasteiger partial charge in [0.25, 0.3) is 0 Å². The van der Waals surface area contributed by atoms with Crippen molar-refractivity contribution in [2.75, 3.05) is 40.3 Å². The molecule has 2 saturated heterocycles. The van der Waals surface area contributed by atoms with E-state index in [1.807, 2.05) is 0 Å². The van der Waals surface area contributed by atoms with E-state index in [-0.39, 0.29) is 5.91 Å². The Morgan fingerprint density at radius 1 is 1.13 bits per heavy atom. The quantitative estimate of drug-likeness (QED) is 0.510. The highest BCUT2D eigenvalue weighted by atomic mass is 16.2. The molecule has 0 aromatic carbocycles. The van der Waals surface area contributed by atoms with E-state index in [2.05, 4.69) is 17.3 Å². The Labute approximate surface area is 89.4 Å². The topological polar surface area (TPSA) is 52.7 Å². The van der Waals surface area contributed by atoms with E-state index in [0.717, 1.165) is 26.2 Å². The van der Waals surface area contributed by atoms with Gasteiger partial charge in [0.15, 0.2) is 0 Å². The average molecular weight is 211 g/mol. The van der Waals surface area contributed by atoms with Crippen molar-refractivity contribution in [3.05, 3.63) is 0 Å². The molecule has 0 saturated carbocycles. The van der Waals surface area contributed by atoms with Gasteiger partial charge in [-0.3, -0.25) is 9.59 Å². The van der Waals surface area contributed by atoms with Crippen LogP contribution in [-0.4, -0.2) is 61.9 Å². The molecule has 5 nitrogen and oxygen atoms in total. The van der Waals surface area contributed by atoms with Gasteiger partial charge in [0.2, 0.25) is 0 Å². The molecular formula is C10H17N3O2. The largest absolute Gasteiger partial charge is 0.351 e. The second-order valence-electron chi connectivity index (χ2n) is 4.53. The van der Waals surface area contributed by atoms with E-state index in [0.29, 0.717) is 11.8 Å². The second-order valence-corrected chi connectivity index (χ2v) is 4.53. The van der Waals surface area contributed by atoms with Crippen LogP contribution in [0.4, 0.5) is 0 Å². The molecule has 0 radical (unpaired) electrons. The summed E-state index contributed by atoms with van der Waals surface area (Å²) in [6.45, 7) is 3.56. The molecule has 2 heterocycles. The minimum atomic E-state index is -0.497. The van der Waals surface area contributed by atoms with Crippen molar-refractivity contribution < 1.29 is 9.59 Å². The Morgan fingerprint density at radius 3 is 2.13 bits per heavy atom. The zero-order valence-electron chi connectivity index (χ0n) is 9.19. The SMILES string of the molecule is CNC(=O)C(=O)N1C[C@@H]2CN(C)C[C@H]2C1. The number of carbonyl (C=O) groups excluding carboxylic acids is 2. The van der Waals surface area contributed by atoms with E-state index in [1.165, 1.54) is 7.05 Å². The lowest BCUT2D eigenvalue weighted by Crippen LogP contribution is -2.41. The second kappa shape index (κ2) is 3.81. The highest BCUT2D eigenvalue weighted by Gasteiger charge is 2.41. The minimum absolute atomic E-state index is 0.380. The van der Waals surface area contributed by atoms with Crippen LogP contribution in [0.15, 0.2) is 0 Å². The Bertz CT molecular complexity index is 278. The summed E-state index contributed by atoms with van der Waals surface area (Å²) < 4.78 is 0. The lowest BCUT2D eigenvalue weighted by Gasteiger charge is -2.18. The first kappa shape index (κ1) is 10.4. The fraction of sp³-hybridized carbons (Fsp3) is 0.800. The number of rotatable bonds is 0. The lowest BCUT2D eigenvalue weighted by atomic mass is 10.0. The fourth-order valence-corrected chi connectivity index (χ4v) is 2.64. The van der Waals surface area contributed by atoms with Crippen molar-refractivity contribution in [2.24, 2.45) is 11.8 Å². The van der Waals surface area contributed by atoms with Crippen molar-refractivity contribution in [1.82, 2.24) is 15.1 Å². The molecule has 2 rings (SSSR count). The van der Waals surface area contributed by atoms with Crippen LogP contribution in [0.5, 0.6) is 0 Å². The van der Waals surface area contributed by atoms with Gasteiger partial charge in [0, 0.05) is 33.2 Å². The van der Waals surface area contributed by atoms with E-state index >= 15 is 0 Å². The van der Waals surface area contributed by atoms with Crippen LogP contribution in [0.1, 0.15) is 0 Å². The third-order valence-electron chi connectivity index (χ3n) is 3.38. The van der Waals surface area contributed by atoms with Gasteiger partial charge in [-0.1, -0.05) is 0 Å². The zero-order valence-corrected chi connectivity index (χ0v) is 9.19. The summed E-state index contributed by atoms with van der Waals surface area (Å²) in [6, 6.07) is 0. The Kier molecular flexibility index (Phi) is 2.65. The molecule has 2 aliphatic rings. The number of nitrogens with zero attached hydrogens (tertiary/aromatic N) is 2. The van der Waals surface area contributed by atoms with Gasteiger partial charge in [-0.2, -0.15) is 0 Å². The first-order chi connectivity index (χ1) is 7.11. The van der Waals surface area contributed by atoms with Gasteiger partial charge in [-0.05, 0) is 18.9 Å². The first-order valence-electron chi connectivity index (χ1n) is 5.31. The van der Waals surface area contributed by atoms with Gasteiger partial charge in [-0.25, -0.2) is 0 Å². The summed E-state index contributed by atoms with van der Waals surface area (Å²) in [5.41, 5.74) is 0. The zero-order chi connectivity index (χ0) is 11.0. The number of hydrogen-bond acceptors (Lipinski definition) is 3. The maximum absolute atomic E-state index is 11.6. The normalized spacial score (nSPS) is 30.4. The molecule has 2 fully saturated rings. The van der Waals surface area contributed by atoms with Crippen LogP contribution in [0.3, 0.4) is 0 Å². The Morgan fingerprint density at radius 2 is 1.67 bits per heavy atom. The summed E-state index contributed by atoms with van der Waals surface area (Å²) in [4.78, 5) is 26.7. The summed E-state index contributed by atoms with van der Waals surface area (Å²) in [6.07, 6.45) is 0. The molecule has 5 heteroatoms. The summed E-state index contributed by atoms with van der Waals surface area (Å²) in [5, 5.41) is 2.38. The standard InChI is InChI=1S/C10H17N3O2/c1-11-9(14)10(15)13-5-7-3-12(2)4-8(7)6-13/h7-8H,3-6H2,1-2H3,(H,11,14)/t7-,8-/m0/s1. The van der Waals surface area contributed by atoms with Gasteiger partial charge in [-0.15, -0.1) is 0 Å². The highest BCUT2D eigenvalue weighted by Crippen LogP contribution is 2.29. The van der Waals surface area contributed by atoms with Gasteiger partial charge in [0.1, 0.15) is 0 Å². The van der Waals surface area contributed by atoms with E-state index in [9.17, 15) is 9.59 Å². The summed E-state index contributed by atoms with van der Waals surface area (Å²) in [7, 11) is 3.59. The molecule has 1 N–H and O–H groups in total. The fourth-order valence-electron chi connectivity index (χ4n) is 2.64. The predicted octanol–water partition coefficient (Wildman–Crippen LogP) is -1.25. The minimum Gasteiger partial charge on any atom is -0.351 e. The van der Waals surface area contributed by atoms with Crippen LogP contribution in [-0.2, 0) is 9.59 Å². The van der Waals surface area contributed by atoms with E-state index < -0.39 is 5.91 Å². The number of likely N-dealkylation sites (N-methyl/N-ethyl adjacent to an activating group) is 1. The van der Waals surface area contributed by atoms with Crippen LogP contribution < -0.4 is 5.32 Å². The predicted molar refractivity (Wildman–Crippen MR) is 55.1 cm³/mol. The molecule has 84 valence electrons. The number of carbonyl (C=O) groups is 2. The van der Waals surface area contributed by atoms with E-state index in [1.54, 1.807) is 4.90 Å². The maximum atomic E-state index is 11.6. The third kappa shape index (κ3) is 1.84. The number of hydrogen-bond donors (Lipinski definition) is 1. The molecule has 0 aromatic heterocycles. The molecule has 0 aromatic rings. The molecule has 2 aliphatic heterocycles. The van der Waals surface area contributed by atoms with Gasteiger partial charge >= 0.3 is 11.8 Å². The molecule has 15 heavy (non-hydrogen) atoms. The van der Waals surface area contributed by atoms with Crippen molar-refractivity contribution in [3.63, 3.8) is 0 Å². The number of amides is 2. The lowest BCUT2D eigenvalue weighted by molar-refractivity contribution is -0.145. The molecule has 0 unspecified atom stereocenters. The Balaban J connectivity index is 1.95. The summed E-state index contributed by atoms with van der Waals surface area (Å²) in [5.74, 6) is 0.241. The van der Waals surface area contributed by atoms with Crippen LogP contribution in [0.2, 0.25) is 0 Å². The average Bonchev–Trinajstić information content (AvgIpc) is 2.72. The van der Waals surface area contributed by atoms with Crippen LogP contribution in [0, 0.1) is 11.8 Å².